The van der Waals surface area contributed by atoms with Crippen LogP contribution in [0.3, 0.4) is 0 Å². The number of hydrogen-bond acceptors (Lipinski definition) is 7. The van der Waals surface area contributed by atoms with Gasteiger partial charge >= 0.3 is 0 Å². The van der Waals surface area contributed by atoms with Crippen LogP contribution in [-0.2, 0) is 4.74 Å². The molecule has 9 heteroatoms. The molecule has 4 rings (SSSR count). The Balaban J connectivity index is 1.57. The Morgan fingerprint density at radius 3 is 2.52 bits per heavy atom. The third kappa shape index (κ3) is 4.01. The molecule has 1 saturated heterocycles. The van der Waals surface area contributed by atoms with E-state index in [9.17, 15) is 9.59 Å². The topological polar surface area (TPSA) is 92.8 Å². The first kappa shape index (κ1) is 19.2. The molecule has 0 atom stereocenters. The van der Waals surface area contributed by atoms with Crippen molar-refractivity contribution in [2.75, 3.05) is 38.3 Å². The van der Waals surface area contributed by atoms with Crippen molar-refractivity contribution in [3.8, 4) is 5.75 Å². The molecule has 1 aromatic heterocycles. The average Bonchev–Trinajstić information content (AvgIpc) is 3.23. The lowest BCUT2D eigenvalue weighted by Gasteiger charge is -2.29. The molecule has 1 aliphatic heterocycles. The van der Waals surface area contributed by atoms with E-state index in [2.05, 4.69) is 20.7 Å². The van der Waals surface area contributed by atoms with Crippen LogP contribution in [0.25, 0.3) is 10.2 Å². The van der Waals surface area contributed by atoms with Gasteiger partial charge in [-0.3, -0.25) is 20.4 Å². The number of methoxy groups -OCH3 is 1. The number of thiazole rings is 1. The van der Waals surface area contributed by atoms with Crippen LogP contribution in [0.5, 0.6) is 5.75 Å². The summed E-state index contributed by atoms with van der Waals surface area (Å²) in [5.74, 6) is -0.280. The number of nitrogens with one attached hydrogen (secondary N) is 2. The highest BCUT2D eigenvalue weighted by molar-refractivity contribution is 7.21. The van der Waals surface area contributed by atoms with E-state index >= 15 is 0 Å². The summed E-state index contributed by atoms with van der Waals surface area (Å²) >= 11 is 1.27. The number of anilines is 1. The van der Waals surface area contributed by atoms with Crippen LogP contribution in [0.2, 0.25) is 0 Å². The van der Waals surface area contributed by atoms with Gasteiger partial charge in [0.25, 0.3) is 11.8 Å². The van der Waals surface area contributed by atoms with Crippen molar-refractivity contribution in [1.29, 1.82) is 0 Å². The molecule has 0 unspecified atom stereocenters. The number of rotatable bonds is 4. The van der Waals surface area contributed by atoms with E-state index in [1.165, 1.54) is 11.3 Å². The van der Waals surface area contributed by atoms with Crippen molar-refractivity contribution in [3.63, 3.8) is 0 Å². The molecule has 0 radical (unpaired) electrons. The summed E-state index contributed by atoms with van der Waals surface area (Å²) < 4.78 is 11.7. The quantitative estimate of drug-likeness (QED) is 0.639. The first-order valence-electron chi connectivity index (χ1n) is 9.13. The Hall–Kier alpha value is -3.17. The van der Waals surface area contributed by atoms with Crippen LogP contribution >= 0.6 is 11.3 Å². The predicted molar refractivity (Wildman–Crippen MR) is 111 cm³/mol. The van der Waals surface area contributed by atoms with E-state index in [0.717, 1.165) is 23.5 Å². The molecular formula is C20H20N4O4S. The highest BCUT2D eigenvalue weighted by Gasteiger charge is 2.21. The monoisotopic (exact) mass is 412 g/mol. The first-order valence-corrected chi connectivity index (χ1v) is 9.95. The van der Waals surface area contributed by atoms with Gasteiger partial charge in [-0.25, -0.2) is 4.98 Å². The Morgan fingerprint density at radius 1 is 1.07 bits per heavy atom. The van der Waals surface area contributed by atoms with E-state index in [4.69, 9.17) is 9.47 Å². The van der Waals surface area contributed by atoms with Gasteiger partial charge in [-0.15, -0.1) is 11.3 Å². The van der Waals surface area contributed by atoms with Crippen molar-refractivity contribution >= 4 is 39.1 Å². The summed E-state index contributed by atoms with van der Waals surface area (Å²) in [4.78, 5) is 31.4. The van der Waals surface area contributed by atoms with Gasteiger partial charge in [-0.2, -0.15) is 0 Å². The van der Waals surface area contributed by atoms with Gasteiger partial charge in [0.05, 0.1) is 30.7 Å². The number of nitrogens with zero attached hydrogens (tertiary/aromatic N) is 2. The van der Waals surface area contributed by atoms with Crippen LogP contribution in [0, 0.1) is 0 Å². The van der Waals surface area contributed by atoms with Crippen molar-refractivity contribution in [3.05, 3.63) is 53.0 Å². The highest BCUT2D eigenvalue weighted by atomic mass is 32.1. The second-order valence-electron chi connectivity index (χ2n) is 6.36. The molecule has 2 N–H and O–H groups in total. The third-order valence-electron chi connectivity index (χ3n) is 4.58. The van der Waals surface area contributed by atoms with Gasteiger partial charge in [0.15, 0.2) is 5.01 Å². The first-order chi connectivity index (χ1) is 14.2. The zero-order chi connectivity index (χ0) is 20.2. The summed E-state index contributed by atoms with van der Waals surface area (Å²) in [6.07, 6.45) is 0. The maximum absolute atomic E-state index is 12.6. The molecule has 29 heavy (non-hydrogen) atoms. The SMILES string of the molecule is COc1ccc(N2CCOCC2)c2sc(C(=O)NNC(=O)c3ccccc3)nc12. The second kappa shape index (κ2) is 8.46. The van der Waals surface area contributed by atoms with Gasteiger partial charge in [-0.1, -0.05) is 18.2 Å². The average molecular weight is 412 g/mol. The van der Waals surface area contributed by atoms with Gasteiger partial charge in [0.1, 0.15) is 11.3 Å². The maximum Gasteiger partial charge on any atom is 0.298 e. The van der Waals surface area contributed by atoms with Gasteiger partial charge in [0, 0.05) is 18.7 Å². The fraction of sp³-hybridized carbons (Fsp3) is 0.250. The summed E-state index contributed by atoms with van der Waals surface area (Å²) in [5, 5.41) is 0.243. The zero-order valence-electron chi connectivity index (χ0n) is 15.8. The summed E-state index contributed by atoms with van der Waals surface area (Å²) in [6.45, 7) is 2.86. The van der Waals surface area contributed by atoms with E-state index in [1.54, 1.807) is 31.4 Å². The smallest absolute Gasteiger partial charge is 0.298 e. The number of aromatic nitrogens is 1. The van der Waals surface area contributed by atoms with E-state index in [-0.39, 0.29) is 5.01 Å². The molecule has 1 fully saturated rings. The number of hydrazine groups is 1. The lowest BCUT2D eigenvalue weighted by atomic mass is 10.2. The Kier molecular flexibility index (Phi) is 5.59. The molecule has 2 heterocycles. The van der Waals surface area contributed by atoms with Crippen LogP contribution in [0.15, 0.2) is 42.5 Å². The molecule has 0 spiro atoms. The zero-order valence-corrected chi connectivity index (χ0v) is 16.6. The highest BCUT2D eigenvalue weighted by Crippen LogP contribution is 2.37. The van der Waals surface area contributed by atoms with Gasteiger partial charge in [-0.05, 0) is 24.3 Å². The Labute approximate surface area is 171 Å². The molecule has 2 amide bonds. The number of morpholine rings is 1. The van der Waals surface area contributed by atoms with E-state index in [0.29, 0.717) is 30.0 Å². The minimum absolute atomic E-state index is 0.243. The number of hydrogen-bond donors (Lipinski definition) is 2. The van der Waals surface area contributed by atoms with E-state index < -0.39 is 11.8 Å². The number of fused-ring (bicyclic) bond motifs is 1. The molecule has 1 aliphatic rings. The molecule has 0 aliphatic carbocycles. The molecule has 2 aromatic carbocycles. The normalized spacial score (nSPS) is 13.9. The molecule has 150 valence electrons. The van der Waals surface area contributed by atoms with Crippen molar-refractivity contribution in [2.24, 2.45) is 0 Å². The number of amides is 2. The van der Waals surface area contributed by atoms with E-state index in [1.807, 2.05) is 18.2 Å². The fourth-order valence-electron chi connectivity index (χ4n) is 3.11. The summed E-state index contributed by atoms with van der Waals surface area (Å²) in [7, 11) is 1.57. The van der Waals surface area contributed by atoms with Crippen LogP contribution < -0.4 is 20.5 Å². The number of benzene rings is 2. The van der Waals surface area contributed by atoms with Gasteiger partial charge < -0.3 is 14.4 Å². The number of carbonyl (C=O) groups excluding carboxylic acids is 2. The van der Waals surface area contributed by atoms with Crippen LogP contribution in [-0.4, -0.2) is 50.2 Å². The minimum atomic E-state index is -0.481. The molecule has 8 nitrogen and oxygen atoms in total. The standard InChI is InChI=1S/C20H20N4O4S/c1-27-15-8-7-14(24-9-11-28-12-10-24)17-16(15)21-20(29-17)19(26)23-22-18(25)13-5-3-2-4-6-13/h2-8H,9-12H2,1H3,(H,22,25)(H,23,26). The summed E-state index contributed by atoms with van der Waals surface area (Å²) in [5.41, 5.74) is 6.92. The van der Waals surface area contributed by atoms with Crippen LogP contribution in [0.4, 0.5) is 5.69 Å². The van der Waals surface area contributed by atoms with Crippen LogP contribution in [0.1, 0.15) is 20.2 Å². The fourth-order valence-corrected chi connectivity index (χ4v) is 4.13. The second-order valence-corrected chi connectivity index (χ2v) is 7.36. The third-order valence-corrected chi connectivity index (χ3v) is 5.65. The lowest BCUT2D eigenvalue weighted by molar-refractivity contribution is 0.0846. The maximum atomic E-state index is 12.6. The minimum Gasteiger partial charge on any atom is -0.494 e. The predicted octanol–water partition coefficient (Wildman–Crippen LogP) is 2.22. The lowest BCUT2D eigenvalue weighted by Crippen LogP contribution is -2.41. The molecule has 3 aromatic rings. The molecule has 0 saturated carbocycles. The van der Waals surface area contributed by atoms with Crippen molar-refractivity contribution in [1.82, 2.24) is 15.8 Å². The summed E-state index contributed by atoms with van der Waals surface area (Å²) in [6, 6.07) is 12.5. The van der Waals surface area contributed by atoms with Gasteiger partial charge in [0.2, 0.25) is 0 Å². The Bertz CT molecular complexity index is 1030. The Morgan fingerprint density at radius 2 is 1.79 bits per heavy atom. The molecule has 0 bridgehead atoms. The van der Waals surface area contributed by atoms with Crippen molar-refractivity contribution in [2.45, 2.75) is 0 Å². The molecular weight excluding hydrogens is 392 g/mol. The largest absolute Gasteiger partial charge is 0.494 e. The number of ether oxygens (including phenoxy) is 2. The number of carbonyl (C=O) groups is 2. The van der Waals surface area contributed by atoms with Crippen molar-refractivity contribution < 1.29 is 19.1 Å².